The van der Waals surface area contributed by atoms with Crippen LogP contribution in [-0.2, 0) is 4.79 Å². The number of carbonyl (C=O) groups excluding carboxylic acids is 2. The van der Waals surface area contributed by atoms with Gasteiger partial charge in [0.25, 0.3) is 5.91 Å². The molecule has 0 saturated carbocycles. The number of hydrogen-bond acceptors (Lipinski definition) is 4. The smallest absolute Gasteiger partial charge is 0.272 e. The molecule has 0 radical (unpaired) electrons. The fourth-order valence-corrected chi connectivity index (χ4v) is 2.38. The predicted octanol–water partition coefficient (Wildman–Crippen LogP) is 1.54. The van der Waals surface area contributed by atoms with Gasteiger partial charge >= 0.3 is 0 Å². The zero-order valence-electron chi connectivity index (χ0n) is 10.8. The second kappa shape index (κ2) is 5.61. The van der Waals surface area contributed by atoms with Gasteiger partial charge in [-0.1, -0.05) is 0 Å². The molecule has 1 amide bonds. The Labute approximate surface area is 111 Å². The van der Waals surface area contributed by atoms with Gasteiger partial charge in [-0.3, -0.25) is 9.59 Å². The van der Waals surface area contributed by atoms with Crippen LogP contribution in [0.1, 0.15) is 42.2 Å². The van der Waals surface area contributed by atoms with Crippen molar-refractivity contribution in [2.24, 2.45) is 0 Å². The summed E-state index contributed by atoms with van der Waals surface area (Å²) in [5.74, 6) is -0.0641. The molecule has 1 fully saturated rings. The molecule has 0 spiro atoms. The van der Waals surface area contributed by atoms with E-state index in [1.165, 1.54) is 6.20 Å². The molecule has 1 aromatic rings. The Morgan fingerprint density at radius 2 is 2.32 bits per heavy atom. The minimum atomic E-state index is -0.159. The van der Waals surface area contributed by atoms with Crippen molar-refractivity contribution in [3.63, 3.8) is 0 Å². The zero-order valence-corrected chi connectivity index (χ0v) is 10.8. The number of Topliss-reactive ketones (excluding diaryl/α,β-unsaturated/α-hetero) is 1. The van der Waals surface area contributed by atoms with E-state index in [4.69, 9.17) is 5.26 Å². The molecule has 19 heavy (non-hydrogen) atoms. The van der Waals surface area contributed by atoms with E-state index in [2.05, 4.69) is 4.98 Å². The minimum absolute atomic E-state index is 0.0116. The lowest BCUT2D eigenvalue weighted by Gasteiger charge is -2.23. The van der Waals surface area contributed by atoms with Crippen LogP contribution in [0.2, 0.25) is 0 Å². The first-order chi connectivity index (χ1) is 9.11. The molecule has 1 aromatic heterocycles. The van der Waals surface area contributed by atoms with E-state index < -0.39 is 0 Å². The third-order valence-electron chi connectivity index (χ3n) is 3.27. The number of rotatable bonds is 3. The number of amides is 1. The number of likely N-dealkylation sites (tertiary alicyclic amines) is 1. The summed E-state index contributed by atoms with van der Waals surface area (Å²) in [5.41, 5.74) is 0.757. The molecule has 5 nitrogen and oxygen atoms in total. The molecule has 98 valence electrons. The quantitative estimate of drug-likeness (QED) is 0.823. The van der Waals surface area contributed by atoms with Crippen molar-refractivity contribution < 1.29 is 9.59 Å². The average molecular weight is 257 g/mol. The molecular formula is C14H15N3O2. The molecule has 1 unspecified atom stereocenters. The van der Waals surface area contributed by atoms with Gasteiger partial charge in [-0.2, -0.15) is 5.26 Å². The van der Waals surface area contributed by atoms with E-state index in [9.17, 15) is 9.59 Å². The number of carbonyl (C=O) groups is 2. The SMILES string of the molecule is CC(=O)CC1CCCN1C(=O)c1ccc(C#N)cn1. The number of hydrogen-bond donors (Lipinski definition) is 0. The third kappa shape index (κ3) is 2.97. The second-order valence-corrected chi connectivity index (χ2v) is 4.74. The Bertz CT molecular complexity index is 531. The molecule has 1 aliphatic heterocycles. The lowest BCUT2D eigenvalue weighted by Crippen LogP contribution is -2.37. The Morgan fingerprint density at radius 3 is 2.89 bits per heavy atom. The minimum Gasteiger partial charge on any atom is -0.334 e. The standard InChI is InChI=1S/C14H15N3O2/c1-10(18)7-12-3-2-6-17(12)14(19)13-5-4-11(8-15)9-16-13/h4-5,9,12H,2-3,6-7H2,1H3. The van der Waals surface area contributed by atoms with E-state index in [-0.39, 0.29) is 17.7 Å². The first-order valence-electron chi connectivity index (χ1n) is 6.28. The fraction of sp³-hybridized carbons (Fsp3) is 0.429. The summed E-state index contributed by atoms with van der Waals surface area (Å²) in [6, 6.07) is 5.09. The number of pyridine rings is 1. The van der Waals surface area contributed by atoms with E-state index in [1.54, 1.807) is 24.0 Å². The summed E-state index contributed by atoms with van der Waals surface area (Å²) in [4.78, 5) is 29.2. The van der Waals surface area contributed by atoms with E-state index in [0.717, 1.165) is 12.8 Å². The molecule has 0 bridgehead atoms. The van der Waals surface area contributed by atoms with Crippen molar-refractivity contribution in [3.8, 4) is 6.07 Å². The lowest BCUT2D eigenvalue weighted by molar-refractivity contribution is -0.117. The second-order valence-electron chi connectivity index (χ2n) is 4.74. The first kappa shape index (κ1) is 13.2. The largest absolute Gasteiger partial charge is 0.334 e. The monoisotopic (exact) mass is 257 g/mol. The van der Waals surface area contributed by atoms with Crippen molar-refractivity contribution in [3.05, 3.63) is 29.6 Å². The van der Waals surface area contributed by atoms with Crippen LogP contribution < -0.4 is 0 Å². The molecule has 2 rings (SSSR count). The number of nitriles is 1. The number of nitrogens with zero attached hydrogens (tertiary/aromatic N) is 3. The maximum absolute atomic E-state index is 12.3. The summed E-state index contributed by atoms with van der Waals surface area (Å²) in [6.07, 6.45) is 3.58. The maximum atomic E-state index is 12.3. The van der Waals surface area contributed by atoms with Crippen molar-refractivity contribution in [2.45, 2.75) is 32.2 Å². The third-order valence-corrected chi connectivity index (χ3v) is 3.27. The van der Waals surface area contributed by atoms with Crippen LogP contribution in [0.25, 0.3) is 0 Å². The molecule has 0 N–H and O–H groups in total. The molecular weight excluding hydrogens is 242 g/mol. The molecule has 0 aliphatic carbocycles. The molecule has 5 heteroatoms. The lowest BCUT2D eigenvalue weighted by atomic mass is 10.1. The van der Waals surface area contributed by atoms with Crippen molar-refractivity contribution in [1.29, 1.82) is 5.26 Å². The van der Waals surface area contributed by atoms with Gasteiger partial charge in [-0.15, -0.1) is 0 Å². The summed E-state index contributed by atoms with van der Waals surface area (Å²) in [6.45, 7) is 2.21. The van der Waals surface area contributed by atoms with Crippen molar-refractivity contribution in [2.75, 3.05) is 6.54 Å². The summed E-state index contributed by atoms with van der Waals surface area (Å²) < 4.78 is 0. The van der Waals surface area contributed by atoms with Crippen LogP contribution in [0.3, 0.4) is 0 Å². The van der Waals surface area contributed by atoms with Crippen molar-refractivity contribution >= 4 is 11.7 Å². The highest BCUT2D eigenvalue weighted by molar-refractivity contribution is 5.93. The molecule has 0 aromatic carbocycles. The highest BCUT2D eigenvalue weighted by atomic mass is 16.2. The maximum Gasteiger partial charge on any atom is 0.272 e. The Balaban J connectivity index is 2.13. The summed E-state index contributed by atoms with van der Waals surface area (Å²) in [7, 11) is 0. The zero-order chi connectivity index (χ0) is 13.8. The van der Waals surface area contributed by atoms with E-state index in [0.29, 0.717) is 24.2 Å². The van der Waals surface area contributed by atoms with Crippen LogP contribution in [-0.4, -0.2) is 34.2 Å². The van der Waals surface area contributed by atoms with Gasteiger partial charge in [0.15, 0.2) is 0 Å². The average Bonchev–Trinajstić information content (AvgIpc) is 2.85. The summed E-state index contributed by atoms with van der Waals surface area (Å²) >= 11 is 0. The van der Waals surface area contributed by atoms with Gasteiger partial charge in [-0.05, 0) is 31.9 Å². The Hall–Kier alpha value is -2.22. The predicted molar refractivity (Wildman–Crippen MR) is 68.3 cm³/mol. The van der Waals surface area contributed by atoms with Crippen LogP contribution in [0, 0.1) is 11.3 Å². The van der Waals surface area contributed by atoms with Gasteiger partial charge in [0.05, 0.1) is 5.56 Å². The first-order valence-corrected chi connectivity index (χ1v) is 6.28. The van der Waals surface area contributed by atoms with Gasteiger partial charge in [0, 0.05) is 25.2 Å². The van der Waals surface area contributed by atoms with Gasteiger partial charge < -0.3 is 4.90 Å². The van der Waals surface area contributed by atoms with Gasteiger partial charge in [0.2, 0.25) is 0 Å². The van der Waals surface area contributed by atoms with Crippen LogP contribution in [0.4, 0.5) is 0 Å². The molecule has 2 heterocycles. The summed E-state index contributed by atoms with van der Waals surface area (Å²) in [5, 5.41) is 8.70. The number of aromatic nitrogens is 1. The van der Waals surface area contributed by atoms with Gasteiger partial charge in [0.1, 0.15) is 17.5 Å². The Morgan fingerprint density at radius 1 is 1.53 bits per heavy atom. The van der Waals surface area contributed by atoms with Crippen LogP contribution in [0.15, 0.2) is 18.3 Å². The molecule has 1 saturated heterocycles. The topological polar surface area (TPSA) is 74.1 Å². The highest BCUT2D eigenvalue weighted by Crippen LogP contribution is 2.22. The fourth-order valence-electron chi connectivity index (χ4n) is 2.38. The van der Waals surface area contributed by atoms with Gasteiger partial charge in [-0.25, -0.2) is 4.98 Å². The normalized spacial score (nSPS) is 18.1. The number of ketones is 1. The van der Waals surface area contributed by atoms with Crippen LogP contribution in [0.5, 0.6) is 0 Å². The van der Waals surface area contributed by atoms with E-state index in [1.807, 2.05) is 6.07 Å². The van der Waals surface area contributed by atoms with Crippen molar-refractivity contribution in [1.82, 2.24) is 9.88 Å². The molecule has 1 atom stereocenters. The van der Waals surface area contributed by atoms with E-state index >= 15 is 0 Å². The Kier molecular flexibility index (Phi) is 3.91. The van der Waals surface area contributed by atoms with Crippen LogP contribution >= 0.6 is 0 Å². The molecule has 1 aliphatic rings. The highest BCUT2D eigenvalue weighted by Gasteiger charge is 2.30.